The van der Waals surface area contributed by atoms with E-state index in [1.165, 1.54) is 0 Å². The molecule has 0 radical (unpaired) electrons. The van der Waals surface area contributed by atoms with E-state index < -0.39 is 11.6 Å². The SMILES string of the molecule is CCCCCCC1(OCC(=O)OCC)COc2ccccc2OCCOCCOc2ccccc2OC1. The Balaban J connectivity index is 1.89. The van der Waals surface area contributed by atoms with Gasteiger partial charge in [0.15, 0.2) is 23.0 Å². The lowest BCUT2D eigenvalue weighted by molar-refractivity contribution is -0.162. The van der Waals surface area contributed by atoms with Gasteiger partial charge < -0.3 is 33.2 Å². The summed E-state index contributed by atoms with van der Waals surface area (Å²) in [6.45, 7) is 5.96. The van der Waals surface area contributed by atoms with Gasteiger partial charge in [0.2, 0.25) is 0 Å². The molecule has 0 fully saturated rings. The van der Waals surface area contributed by atoms with Gasteiger partial charge in [0.25, 0.3) is 0 Å². The molecule has 204 valence electrons. The molecule has 2 aromatic carbocycles. The molecule has 0 aromatic heterocycles. The number of fused-ring (bicyclic) bond motifs is 2. The van der Waals surface area contributed by atoms with Crippen molar-refractivity contribution < 1.29 is 38.0 Å². The first kappa shape index (κ1) is 28.6. The van der Waals surface area contributed by atoms with Crippen molar-refractivity contribution in [2.24, 2.45) is 0 Å². The summed E-state index contributed by atoms with van der Waals surface area (Å²) >= 11 is 0. The molecular formula is C29H40O8. The standard InChI is InChI=1S/C29H40O8/c1-3-5-6-11-16-29(37-21-28(30)32-4-2)22-35-26-14-9-7-12-24(26)33-19-17-31-18-20-34-25-13-8-10-15-27(25)36-23-29/h7-10,12-15H,3-6,11,16-23H2,1-2H3. The largest absolute Gasteiger partial charge is 0.487 e. The molecule has 0 amide bonds. The van der Waals surface area contributed by atoms with Crippen LogP contribution < -0.4 is 18.9 Å². The maximum atomic E-state index is 12.3. The minimum absolute atomic E-state index is 0.165. The zero-order chi connectivity index (χ0) is 26.2. The second-order valence-corrected chi connectivity index (χ2v) is 8.87. The van der Waals surface area contributed by atoms with Crippen molar-refractivity contribution in [3.63, 3.8) is 0 Å². The summed E-state index contributed by atoms with van der Waals surface area (Å²) in [6, 6.07) is 15.0. The predicted octanol–water partition coefficient (Wildman–Crippen LogP) is 5.22. The number of esters is 1. The van der Waals surface area contributed by atoms with Crippen LogP contribution in [0.5, 0.6) is 23.0 Å². The van der Waals surface area contributed by atoms with Crippen LogP contribution in [0.15, 0.2) is 48.5 Å². The molecule has 0 unspecified atom stereocenters. The summed E-state index contributed by atoms with van der Waals surface area (Å²) in [5.41, 5.74) is -0.902. The van der Waals surface area contributed by atoms with Crippen molar-refractivity contribution >= 4 is 5.97 Å². The van der Waals surface area contributed by atoms with Gasteiger partial charge in [-0.15, -0.1) is 0 Å². The molecule has 0 atom stereocenters. The van der Waals surface area contributed by atoms with Crippen molar-refractivity contribution in [1.82, 2.24) is 0 Å². The van der Waals surface area contributed by atoms with E-state index in [9.17, 15) is 4.79 Å². The number of unbranched alkanes of at least 4 members (excludes halogenated alkanes) is 3. The minimum atomic E-state index is -0.902. The Bertz CT molecular complexity index is 876. The highest BCUT2D eigenvalue weighted by molar-refractivity contribution is 5.70. The van der Waals surface area contributed by atoms with Gasteiger partial charge in [-0.2, -0.15) is 0 Å². The Morgan fingerprint density at radius 1 is 0.757 bits per heavy atom. The van der Waals surface area contributed by atoms with Crippen molar-refractivity contribution in [3.05, 3.63) is 48.5 Å². The van der Waals surface area contributed by atoms with E-state index in [2.05, 4.69) is 6.92 Å². The van der Waals surface area contributed by atoms with Gasteiger partial charge in [0.1, 0.15) is 38.6 Å². The third-order valence-corrected chi connectivity index (χ3v) is 5.94. The number of rotatable bonds is 9. The summed E-state index contributed by atoms with van der Waals surface area (Å²) in [7, 11) is 0. The topological polar surface area (TPSA) is 81.7 Å². The van der Waals surface area contributed by atoms with Crippen LogP contribution in [0.1, 0.15) is 46.0 Å². The molecule has 8 heteroatoms. The fourth-order valence-corrected chi connectivity index (χ4v) is 3.95. The molecule has 8 nitrogen and oxygen atoms in total. The van der Waals surface area contributed by atoms with Gasteiger partial charge in [-0.05, 0) is 37.6 Å². The first-order chi connectivity index (χ1) is 18.2. The van der Waals surface area contributed by atoms with Crippen molar-refractivity contribution in [2.45, 2.75) is 51.6 Å². The van der Waals surface area contributed by atoms with E-state index in [0.717, 1.165) is 25.7 Å². The van der Waals surface area contributed by atoms with E-state index in [1.54, 1.807) is 6.92 Å². The zero-order valence-electron chi connectivity index (χ0n) is 22.1. The van der Waals surface area contributed by atoms with Gasteiger partial charge in [-0.1, -0.05) is 56.9 Å². The fraction of sp³-hybridized carbons (Fsp3) is 0.552. The summed E-state index contributed by atoms with van der Waals surface area (Å²) in [5.74, 6) is 2.00. The lowest BCUT2D eigenvalue weighted by atomic mass is 9.96. The molecule has 37 heavy (non-hydrogen) atoms. The Hall–Kier alpha value is -2.97. The van der Waals surface area contributed by atoms with Crippen LogP contribution >= 0.6 is 0 Å². The summed E-state index contributed by atoms with van der Waals surface area (Å²) < 4.78 is 41.5. The van der Waals surface area contributed by atoms with E-state index >= 15 is 0 Å². The Morgan fingerprint density at radius 3 is 1.81 bits per heavy atom. The number of benzene rings is 2. The van der Waals surface area contributed by atoms with Crippen LogP contribution in [0, 0.1) is 0 Å². The second kappa shape index (κ2) is 16.0. The summed E-state index contributed by atoms with van der Waals surface area (Å²) in [6.07, 6.45) is 4.82. The number of hydrogen-bond acceptors (Lipinski definition) is 8. The molecule has 0 aliphatic carbocycles. The van der Waals surface area contributed by atoms with Crippen LogP contribution in [-0.4, -0.2) is 64.4 Å². The smallest absolute Gasteiger partial charge is 0.332 e. The molecule has 1 heterocycles. The van der Waals surface area contributed by atoms with Gasteiger partial charge in [-0.3, -0.25) is 0 Å². The van der Waals surface area contributed by atoms with Gasteiger partial charge >= 0.3 is 5.97 Å². The van der Waals surface area contributed by atoms with Crippen LogP contribution in [0.4, 0.5) is 0 Å². The molecule has 0 saturated carbocycles. The molecule has 1 aliphatic heterocycles. The average molecular weight is 517 g/mol. The van der Waals surface area contributed by atoms with Gasteiger partial charge in [-0.25, -0.2) is 4.79 Å². The molecule has 0 spiro atoms. The Morgan fingerprint density at radius 2 is 1.30 bits per heavy atom. The Kier molecular flexibility index (Phi) is 12.4. The minimum Gasteiger partial charge on any atom is -0.487 e. The molecule has 0 saturated heterocycles. The summed E-state index contributed by atoms with van der Waals surface area (Å²) in [5, 5.41) is 0. The first-order valence-corrected chi connectivity index (χ1v) is 13.2. The highest BCUT2D eigenvalue weighted by Crippen LogP contribution is 2.32. The molecule has 1 aliphatic rings. The number of hydrogen-bond donors (Lipinski definition) is 0. The lowest BCUT2D eigenvalue weighted by Gasteiger charge is -2.34. The normalized spacial score (nSPS) is 16.1. The molecule has 3 rings (SSSR count). The van der Waals surface area contributed by atoms with E-state index in [4.69, 9.17) is 33.2 Å². The lowest BCUT2D eigenvalue weighted by Crippen LogP contribution is -2.46. The molecule has 2 aromatic rings. The Labute approximate surface area is 220 Å². The predicted molar refractivity (Wildman–Crippen MR) is 140 cm³/mol. The van der Waals surface area contributed by atoms with Crippen LogP contribution in [0.25, 0.3) is 0 Å². The second-order valence-electron chi connectivity index (χ2n) is 8.87. The van der Waals surface area contributed by atoms with Crippen molar-refractivity contribution in [1.29, 1.82) is 0 Å². The quantitative estimate of drug-likeness (QED) is 0.331. The van der Waals surface area contributed by atoms with E-state index in [0.29, 0.717) is 55.8 Å². The fourth-order valence-electron chi connectivity index (χ4n) is 3.95. The van der Waals surface area contributed by atoms with E-state index in [1.807, 2.05) is 48.5 Å². The van der Waals surface area contributed by atoms with Gasteiger partial charge in [0.05, 0.1) is 19.8 Å². The maximum Gasteiger partial charge on any atom is 0.332 e. The third kappa shape index (κ3) is 9.78. The third-order valence-electron chi connectivity index (χ3n) is 5.94. The number of carbonyl (C=O) groups excluding carboxylic acids is 1. The number of ether oxygens (including phenoxy) is 7. The molecule has 0 N–H and O–H groups in total. The van der Waals surface area contributed by atoms with Crippen LogP contribution in [-0.2, 0) is 19.0 Å². The van der Waals surface area contributed by atoms with Crippen LogP contribution in [0.3, 0.4) is 0 Å². The molecular weight excluding hydrogens is 476 g/mol. The zero-order valence-corrected chi connectivity index (χ0v) is 22.1. The number of carbonyl (C=O) groups is 1. The van der Waals surface area contributed by atoms with Crippen molar-refractivity contribution in [2.75, 3.05) is 52.9 Å². The summed E-state index contributed by atoms with van der Waals surface area (Å²) in [4.78, 5) is 12.3. The monoisotopic (exact) mass is 516 g/mol. The average Bonchev–Trinajstić information content (AvgIpc) is 2.92. The van der Waals surface area contributed by atoms with Crippen molar-refractivity contribution in [3.8, 4) is 23.0 Å². The molecule has 0 bridgehead atoms. The number of para-hydroxylation sites is 4. The van der Waals surface area contributed by atoms with Gasteiger partial charge in [0, 0.05) is 0 Å². The highest BCUT2D eigenvalue weighted by atomic mass is 16.6. The maximum absolute atomic E-state index is 12.3. The van der Waals surface area contributed by atoms with E-state index in [-0.39, 0.29) is 26.4 Å². The first-order valence-electron chi connectivity index (χ1n) is 13.2. The van der Waals surface area contributed by atoms with Crippen LogP contribution in [0.2, 0.25) is 0 Å². The highest BCUT2D eigenvalue weighted by Gasteiger charge is 2.35.